The van der Waals surface area contributed by atoms with Gasteiger partial charge in [0, 0.05) is 41.0 Å². The number of benzene rings is 3. The highest BCUT2D eigenvalue weighted by atomic mass is 16.6. The van der Waals surface area contributed by atoms with Crippen molar-refractivity contribution < 1.29 is 14.5 Å². The maximum absolute atomic E-state index is 13.0. The number of carbonyl (C=O) groups excluding carboxylic acids is 2. The number of nitrogens with one attached hydrogen (secondary N) is 2. The lowest BCUT2D eigenvalue weighted by Crippen LogP contribution is -2.23. The maximum Gasteiger partial charge on any atom is 0.269 e. The Bertz CT molecular complexity index is 1300. The molecule has 3 aromatic rings. The molecule has 3 aromatic carbocycles. The van der Waals surface area contributed by atoms with Crippen LogP contribution in [0.15, 0.2) is 84.1 Å². The van der Waals surface area contributed by atoms with Gasteiger partial charge in [0.25, 0.3) is 5.69 Å². The highest BCUT2D eigenvalue weighted by Crippen LogP contribution is 2.41. The fourth-order valence-corrected chi connectivity index (χ4v) is 4.43. The molecular weight excluding hydrogens is 418 g/mol. The number of carbonyl (C=O) groups is 2. The number of hydrogen-bond acceptors (Lipinski definition) is 6. The topological polar surface area (TPSA) is 101 Å². The van der Waals surface area contributed by atoms with Crippen molar-refractivity contribution in [1.82, 2.24) is 0 Å². The molecule has 1 atom stereocenters. The van der Waals surface area contributed by atoms with Crippen LogP contribution in [-0.4, -0.2) is 16.5 Å². The fraction of sp³-hybridized carbons (Fsp3) is 0.154. The lowest BCUT2D eigenvalue weighted by Gasteiger charge is -2.25. The normalized spacial score (nSPS) is 17.2. The molecule has 0 saturated heterocycles. The zero-order valence-electron chi connectivity index (χ0n) is 17.7. The van der Waals surface area contributed by atoms with Gasteiger partial charge in [-0.3, -0.25) is 19.7 Å². The molecule has 1 aliphatic carbocycles. The Morgan fingerprint density at radius 1 is 0.909 bits per heavy atom. The highest BCUT2D eigenvalue weighted by Gasteiger charge is 2.32. The van der Waals surface area contributed by atoms with Crippen LogP contribution in [0.2, 0.25) is 0 Å². The molecule has 0 aromatic heterocycles. The monoisotopic (exact) mass is 439 g/mol. The molecule has 1 heterocycles. The molecule has 0 spiro atoms. The Labute approximate surface area is 190 Å². The Hall–Kier alpha value is -4.26. The first-order valence-corrected chi connectivity index (χ1v) is 10.8. The zero-order valence-corrected chi connectivity index (χ0v) is 17.7. The van der Waals surface area contributed by atoms with Crippen molar-refractivity contribution in [2.24, 2.45) is 0 Å². The third kappa shape index (κ3) is 3.89. The minimum Gasteiger partial charge on any atom is -0.372 e. The van der Waals surface area contributed by atoms with E-state index in [0.717, 1.165) is 29.1 Å². The van der Waals surface area contributed by atoms with E-state index in [1.54, 1.807) is 36.4 Å². The molecule has 0 unspecified atom stereocenters. The third-order valence-corrected chi connectivity index (χ3v) is 6.09. The van der Waals surface area contributed by atoms with Crippen molar-refractivity contribution in [2.75, 3.05) is 10.6 Å². The SMILES string of the molecule is O=C1CCCC2=C1[C@H](c1ccc([N+](=O)[O-])cc1)Nc1ccc(C(=O)c3ccccc3)cc1N2. The van der Waals surface area contributed by atoms with E-state index in [0.29, 0.717) is 29.5 Å². The van der Waals surface area contributed by atoms with E-state index in [4.69, 9.17) is 0 Å². The van der Waals surface area contributed by atoms with Gasteiger partial charge in [0.2, 0.25) is 0 Å². The second-order valence-corrected chi connectivity index (χ2v) is 8.18. The molecule has 2 aliphatic rings. The summed E-state index contributed by atoms with van der Waals surface area (Å²) < 4.78 is 0. The van der Waals surface area contributed by atoms with Gasteiger partial charge in [0.05, 0.1) is 22.3 Å². The first kappa shape index (κ1) is 20.6. The van der Waals surface area contributed by atoms with E-state index in [-0.39, 0.29) is 17.3 Å². The second-order valence-electron chi connectivity index (χ2n) is 8.18. The van der Waals surface area contributed by atoms with Gasteiger partial charge in [-0.1, -0.05) is 30.3 Å². The molecule has 0 saturated carbocycles. The summed E-state index contributed by atoms with van der Waals surface area (Å²) >= 11 is 0. The summed E-state index contributed by atoms with van der Waals surface area (Å²) in [5.74, 6) is -0.0294. The Morgan fingerprint density at radius 3 is 2.39 bits per heavy atom. The van der Waals surface area contributed by atoms with E-state index in [9.17, 15) is 19.7 Å². The number of nitro groups is 1. The molecule has 33 heavy (non-hydrogen) atoms. The molecule has 0 fully saturated rings. The van der Waals surface area contributed by atoms with Crippen molar-refractivity contribution >= 4 is 28.6 Å². The molecule has 7 heteroatoms. The molecular formula is C26H21N3O4. The Balaban J connectivity index is 1.56. The van der Waals surface area contributed by atoms with Gasteiger partial charge in [0.1, 0.15) is 0 Å². The fourth-order valence-electron chi connectivity index (χ4n) is 4.43. The maximum atomic E-state index is 13.0. The predicted octanol–water partition coefficient (Wildman–Crippen LogP) is 5.41. The summed E-state index contributed by atoms with van der Waals surface area (Å²) in [5, 5.41) is 17.9. The molecule has 1 aliphatic heterocycles. The molecule has 164 valence electrons. The number of allylic oxidation sites excluding steroid dienone is 1. The van der Waals surface area contributed by atoms with Crippen molar-refractivity contribution in [3.8, 4) is 0 Å². The number of nitrogens with zero attached hydrogens (tertiary/aromatic N) is 1. The number of ketones is 2. The van der Waals surface area contributed by atoms with Crippen molar-refractivity contribution in [2.45, 2.75) is 25.3 Å². The lowest BCUT2D eigenvalue weighted by atomic mass is 9.86. The van der Waals surface area contributed by atoms with E-state index < -0.39 is 11.0 Å². The van der Waals surface area contributed by atoms with Crippen molar-refractivity contribution in [1.29, 1.82) is 0 Å². The van der Waals surface area contributed by atoms with Gasteiger partial charge in [-0.25, -0.2) is 0 Å². The van der Waals surface area contributed by atoms with Crippen LogP contribution in [0.4, 0.5) is 17.1 Å². The zero-order chi connectivity index (χ0) is 22.9. The quantitative estimate of drug-likeness (QED) is 0.320. The van der Waals surface area contributed by atoms with Gasteiger partial charge < -0.3 is 10.6 Å². The summed E-state index contributed by atoms with van der Waals surface area (Å²) in [4.78, 5) is 36.5. The van der Waals surface area contributed by atoms with Crippen LogP contribution in [-0.2, 0) is 4.79 Å². The van der Waals surface area contributed by atoms with Crippen LogP contribution < -0.4 is 10.6 Å². The van der Waals surface area contributed by atoms with Crippen LogP contribution in [0.5, 0.6) is 0 Å². The van der Waals surface area contributed by atoms with Crippen LogP contribution in [0.1, 0.15) is 46.8 Å². The molecule has 0 amide bonds. The van der Waals surface area contributed by atoms with Crippen LogP contribution in [0.3, 0.4) is 0 Å². The molecule has 2 N–H and O–H groups in total. The van der Waals surface area contributed by atoms with E-state index in [1.165, 1.54) is 12.1 Å². The van der Waals surface area contributed by atoms with E-state index in [1.807, 2.05) is 24.3 Å². The van der Waals surface area contributed by atoms with Crippen molar-refractivity contribution in [3.05, 3.63) is 111 Å². The average molecular weight is 439 g/mol. The first-order chi connectivity index (χ1) is 16.0. The van der Waals surface area contributed by atoms with E-state index >= 15 is 0 Å². The standard InChI is InChI=1S/C26H21N3O4/c30-23-8-4-7-21-24(23)25(16-9-12-19(13-10-16)29(32)33)28-20-14-11-18(15-22(20)27-21)26(31)17-5-2-1-3-6-17/h1-3,5-6,9-15,25,27-28H,4,7-8H2/t25-/m0/s1. The second kappa shape index (κ2) is 8.35. The molecule has 0 bridgehead atoms. The first-order valence-electron chi connectivity index (χ1n) is 10.8. The summed E-state index contributed by atoms with van der Waals surface area (Å²) in [6, 6.07) is 20.3. The third-order valence-electron chi connectivity index (χ3n) is 6.09. The minimum atomic E-state index is -0.446. The lowest BCUT2D eigenvalue weighted by molar-refractivity contribution is -0.384. The summed E-state index contributed by atoms with van der Waals surface area (Å²) in [7, 11) is 0. The van der Waals surface area contributed by atoms with Gasteiger partial charge in [-0.15, -0.1) is 0 Å². The smallest absolute Gasteiger partial charge is 0.269 e. The average Bonchev–Trinajstić information content (AvgIpc) is 3.01. The summed E-state index contributed by atoms with van der Waals surface area (Å²) in [5.41, 5.74) is 4.87. The van der Waals surface area contributed by atoms with Gasteiger partial charge >= 0.3 is 0 Å². The largest absolute Gasteiger partial charge is 0.372 e. The number of Topliss-reactive ketones (excluding diaryl/α,β-unsaturated/α-hetero) is 1. The van der Waals surface area contributed by atoms with E-state index in [2.05, 4.69) is 10.6 Å². The number of rotatable bonds is 4. The Kier molecular flexibility index (Phi) is 5.22. The number of nitro benzene ring substituents is 1. The number of fused-ring (bicyclic) bond motifs is 1. The van der Waals surface area contributed by atoms with Gasteiger partial charge in [0.15, 0.2) is 11.6 Å². The number of anilines is 2. The molecule has 0 radical (unpaired) electrons. The minimum absolute atomic E-state index is 0.000799. The molecule has 7 nitrogen and oxygen atoms in total. The number of non-ortho nitro benzene ring substituents is 1. The van der Waals surface area contributed by atoms with Gasteiger partial charge in [-0.05, 0) is 48.7 Å². The summed E-state index contributed by atoms with van der Waals surface area (Å²) in [6.45, 7) is 0. The summed E-state index contributed by atoms with van der Waals surface area (Å²) in [6.07, 6.45) is 1.91. The Morgan fingerprint density at radius 2 is 1.67 bits per heavy atom. The van der Waals surface area contributed by atoms with Gasteiger partial charge in [-0.2, -0.15) is 0 Å². The predicted molar refractivity (Wildman–Crippen MR) is 125 cm³/mol. The van der Waals surface area contributed by atoms with Crippen LogP contribution >= 0.6 is 0 Å². The van der Waals surface area contributed by atoms with Crippen LogP contribution in [0, 0.1) is 10.1 Å². The molecule has 5 rings (SSSR count). The van der Waals surface area contributed by atoms with Crippen LogP contribution in [0.25, 0.3) is 0 Å². The van der Waals surface area contributed by atoms with Crippen molar-refractivity contribution in [3.63, 3.8) is 0 Å². The highest BCUT2D eigenvalue weighted by molar-refractivity contribution is 6.10. The number of hydrogen-bond donors (Lipinski definition) is 2.